The highest BCUT2D eigenvalue weighted by Gasteiger charge is 2.30. The molecule has 0 radical (unpaired) electrons. The van der Waals surface area contributed by atoms with Gasteiger partial charge in [0.25, 0.3) is 10.0 Å². The molecule has 0 heterocycles. The highest BCUT2D eigenvalue weighted by Crippen LogP contribution is 2.33. The summed E-state index contributed by atoms with van der Waals surface area (Å²) in [5.41, 5.74) is 5.85. The monoisotopic (exact) mass is 492 g/mol. The number of hydrogen-bond acceptors (Lipinski definition) is 4. The lowest BCUT2D eigenvalue weighted by Crippen LogP contribution is -2.41. The van der Waals surface area contributed by atoms with E-state index in [0.717, 1.165) is 40.3 Å². The Hall–Kier alpha value is -3.32. The molecule has 6 nitrogen and oxygen atoms in total. The maximum absolute atomic E-state index is 13.7. The molecular weight excluding hydrogens is 460 g/mol. The van der Waals surface area contributed by atoms with Crippen LogP contribution in [0.4, 0.5) is 5.69 Å². The van der Waals surface area contributed by atoms with E-state index in [9.17, 15) is 13.2 Å². The van der Waals surface area contributed by atoms with E-state index >= 15 is 0 Å². The number of methoxy groups -OCH3 is 1. The average Bonchev–Trinajstić information content (AvgIpc) is 3.30. The highest BCUT2D eigenvalue weighted by molar-refractivity contribution is 7.92. The molecule has 1 amide bonds. The van der Waals surface area contributed by atoms with Gasteiger partial charge in [0.05, 0.1) is 23.7 Å². The summed E-state index contributed by atoms with van der Waals surface area (Å²) in [6.45, 7) is 5.31. The van der Waals surface area contributed by atoms with Crippen molar-refractivity contribution >= 4 is 21.6 Å². The molecule has 3 aromatic rings. The van der Waals surface area contributed by atoms with Gasteiger partial charge in [-0.15, -0.1) is 0 Å². The van der Waals surface area contributed by atoms with Crippen LogP contribution >= 0.6 is 0 Å². The molecule has 7 heteroatoms. The summed E-state index contributed by atoms with van der Waals surface area (Å²) in [6.07, 6.45) is 3.31. The second kappa shape index (κ2) is 10.1. The first-order valence-corrected chi connectivity index (χ1v) is 13.3. The predicted octanol–water partition coefficient (Wildman–Crippen LogP) is 4.87. The van der Waals surface area contributed by atoms with Crippen molar-refractivity contribution in [1.82, 2.24) is 5.32 Å². The summed E-state index contributed by atoms with van der Waals surface area (Å²) < 4.78 is 34.1. The summed E-state index contributed by atoms with van der Waals surface area (Å²) in [5.74, 6) is -0.0111. The Morgan fingerprint density at radius 3 is 2.37 bits per heavy atom. The molecule has 0 bridgehead atoms. The summed E-state index contributed by atoms with van der Waals surface area (Å²) in [7, 11) is -2.54. The van der Waals surface area contributed by atoms with Gasteiger partial charge in [0, 0.05) is 0 Å². The van der Waals surface area contributed by atoms with Crippen LogP contribution in [0.25, 0.3) is 0 Å². The number of fused-ring (bicyclic) bond motifs is 1. The van der Waals surface area contributed by atoms with Crippen molar-refractivity contribution in [2.75, 3.05) is 18.0 Å². The zero-order valence-electron chi connectivity index (χ0n) is 20.7. The molecule has 0 aliphatic heterocycles. The fourth-order valence-corrected chi connectivity index (χ4v) is 5.92. The van der Waals surface area contributed by atoms with Crippen LogP contribution in [0.2, 0.25) is 0 Å². The molecule has 184 valence electrons. The van der Waals surface area contributed by atoms with Gasteiger partial charge in [-0.2, -0.15) is 0 Å². The van der Waals surface area contributed by atoms with E-state index < -0.39 is 15.9 Å². The maximum atomic E-state index is 13.7. The Morgan fingerprint density at radius 1 is 0.971 bits per heavy atom. The fourth-order valence-electron chi connectivity index (χ4n) is 4.49. The van der Waals surface area contributed by atoms with E-state index in [1.165, 1.54) is 18.2 Å². The third-order valence-corrected chi connectivity index (χ3v) is 8.27. The number of nitrogens with zero attached hydrogens (tertiary/aromatic N) is 1. The smallest absolute Gasteiger partial charge is 0.264 e. The molecule has 0 saturated carbocycles. The third kappa shape index (κ3) is 5.35. The van der Waals surface area contributed by atoms with Gasteiger partial charge in [-0.05, 0) is 86.6 Å². The lowest BCUT2D eigenvalue weighted by molar-refractivity contribution is -0.120. The van der Waals surface area contributed by atoms with Gasteiger partial charge in [-0.3, -0.25) is 9.10 Å². The predicted molar refractivity (Wildman–Crippen MR) is 138 cm³/mol. The van der Waals surface area contributed by atoms with Crippen molar-refractivity contribution in [2.24, 2.45) is 0 Å². The van der Waals surface area contributed by atoms with Gasteiger partial charge < -0.3 is 10.1 Å². The zero-order chi connectivity index (χ0) is 25.2. The number of rotatable bonds is 8. The van der Waals surface area contributed by atoms with Gasteiger partial charge in [-0.25, -0.2) is 8.42 Å². The number of sulfonamides is 1. The molecular formula is C28H32N2O4S. The van der Waals surface area contributed by atoms with E-state index in [4.69, 9.17) is 4.74 Å². The number of anilines is 1. The first kappa shape index (κ1) is 24.8. The molecule has 0 spiro atoms. The number of ether oxygens (including phenoxy) is 1. The molecule has 1 N–H and O–H groups in total. The van der Waals surface area contributed by atoms with E-state index in [1.54, 1.807) is 36.4 Å². The SMILES string of the molecule is COc1ccc(C)cc1N(CC(=O)N[C@@H](C)c1ccc2c(c1)CCC2)S(=O)(=O)c1ccc(C)cc1. The van der Waals surface area contributed by atoms with Crippen molar-refractivity contribution in [2.45, 2.75) is 51.0 Å². The normalized spacial score (nSPS) is 13.7. The van der Waals surface area contributed by atoms with E-state index in [2.05, 4.69) is 17.4 Å². The third-order valence-electron chi connectivity index (χ3n) is 6.50. The number of aryl methyl sites for hydroxylation is 4. The second-order valence-corrected chi connectivity index (χ2v) is 11.0. The molecule has 0 aromatic heterocycles. The first-order chi connectivity index (χ1) is 16.7. The highest BCUT2D eigenvalue weighted by atomic mass is 32.2. The van der Waals surface area contributed by atoms with Gasteiger partial charge in [0.1, 0.15) is 12.3 Å². The van der Waals surface area contributed by atoms with Crippen molar-refractivity contribution < 1.29 is 17.9 Å². The summed E-state index contributed by atoms with van der Waals surface area (Å²) >= 11 is 0. The lowest BCUT2D eigenvalue weighted by atomic mass is 10.0. The Bertz CT molecular complexity index is 1330. The second-order valence-electron chi connectivity index (χ2n) is 9.17. The van der Waals surface area contributed by atoms with E-state index in [1.807, 2.05) is 32.9 Å². The van der Waals surface area contributed by atoms with Gasteiger partial charge in [0.2, 0.25) is 5.91 Å². The number of carbonyl (C=O) groups is 1. The lowest BCUT2D eigenvalue weighted by Gasteiger charge is -2.27. The average molecular weight is 493 g/mol. The Kier molecular flexibility index (Phi) is 7.17. The standard InChI is InChI=1S/C28H32N2O4S/c1-19-8-13-25(14-9-19)35(32,33)30(26-16-20(2)10-15-27(26)34-4)18-28(31)29-21(3)23-12-11-22-6-5-7-24(22)17-23/h8-17,21H,5-7,18H2,1-4H3,(H,29,31)/t21-/m0/s1. The largest absolute Gasteiger partial charge is 0.495 e. The minimum absolute atomic E-state index is 0.117. The summed E-state index contributed by atoms with van der Waals surface area (Å²) in [6, 6.07) is 18.0. The molecule has 3 aromatic carbocycles. The quantitative estimate of drug-likeness (QED) is 0.487. The molecule has 0 saturated heterocycles. The van der Waals surface area contributed by atoms with Gasteiger partial charge >= 0.3 is 0 Å². The van der Waals surface area contributed by atoms with Crippen LogP contribution in [-0.4, -0.2) is 28.0 Å². The van der Waals surface area contributed by atoms with Crippen LogP contribution in [0.5, 0.6) is 5.75 Å². The number of amides is 1. The van der Waals surface area contributed by atoms with Crippen LogP contribution in [0.1, 0.15) is 47.2 Å². The van der Waals surface area contributed by atoms with Crippen LogP contribution in [0.15, 0.2) is 65.6 Å². The maximum Gasteiger partial charge on any atom is 0.264 e. The first-order valence-electron chi connectivity index (χ1n) is 11.8. The Balaban J connectivity index is 1.64. The van der Waals surface area contributed by atoms with Crippen LogP contribution < -0.4 is 14.4 Å². The topological polar surface area (TPSA) is 75.7 Å². The molecule has 0 fully saturated rings. The Labute approximate surface area is 208 Å². The van der Waals surface area contributed by atoms with Crippen molar-refractivity contribution in [3.05, 3.63) is 88.5 Å². The van der Waals surface area contributed by atoms with Crippen LogP contribution in [-0.2, 0) is 27.7 Å². The van der Waals surface area contributed by atoms with Crippen molar-refractivity contribution in [3.8, 4) is 5.75 Å². The number of nitrogens with one attached hydrogen (secondary N) is 1. The molecule has 1 aliphatic carbocycles. The van der Waals surface area contributed by atoms with Crippen molar-refractivity contribution in [3.63, 3.8) is 0 Å². The zero-order valence-corrected chi connectivity index (χ0v) is 21.5. The molecule has 4 rings (SSSR count). The molecule has 35 heavy (non-hydrogen) atoms. The minimum atomic E-state index is -4.03. The summed E-state index contributed by atoms with van der Waals surface area (Å²) in [5, 5.41) is 2.99. The fraction of sp³-hybridized carbons (Fsp3) is 0.321. The van der Waals surface area contributed by atoms with Crippen molar-refractivity contribution in [1.29, 1.82) is 0 Å². The van der Waals surface area contributed by atoms with E-state index in [0.29, 0.717) is 11.4 Å². The van der Waals surface area contributed by atoms with E-state index in [-0.39, 0.29) is 17.5 Å². The number of carbonyl (C=O) groups excluding carboxylic acids is 1. The molecule has 0 unspecified atom stereocenters. The van der Waals surface area contributed by atoms with Crippen LogP contribution in [0.3, 0.4) is 0 Å². The van der Waals surface area contributed by atoms with Crippen LogP contribution in [0, 0.1) is 13.8 Å². The molecule has 1 aliphatic rings. The van der Waals surface area contributed by atoms with Gasteiger partial charge in [-0.1, -0.05) is 42.0 Å². The summed E-state index contributed by atoms with van der Waals surface area (Å²) in [4.78, 5) is 13.3. The minimum Gasteiger partial charge on any atom is -0.495 e. The molecule has 1 atom stereocenters. The van der Waals surface area contributed by atoms with Gasteiger partial charge in [0.15, 0.2) is 0 Å². The Morgan fingerprint density at radius 2 is 1.66 bits per heavy atom. The number of benzene rings is 3. The number of hydrogen-bond donors (Lipinski definition) is 1.